The smallest absolute Gasteiger partial charge is 0.337 e. The van der Waals surface area contributed by atoms with Gasteiger partial charge in [0.05, 0.1) is 18.4 Å². The second kappa shape index (κ2) is 7.54. The van der Waals surface area contributed by atoms with Crippen molar-refractivity contribution in [1.82, 2.24) is 0 Å². The maximum atomic E-state index is 14.8. The average molecular weight is 316 g/mol. The minimum absolute atomic E-state index is 0.222. The highest BCUT2D eigenvalue weighted by molar-refractivity contribution is 7.71. The molecule has 0 bridgehead atoms. The van der Waals surface area contributed by atoms with Gasteiger partial charge in [0.1, 0.15) is 16.4 Å². The van der Waals surface area contributed by atoms with Gasteiger partial charge >= 0.3 is 5.97 Å². The Morgan fingerprint density at radius 3 is 2.57 bits per heavy atom. The zero-order chi connectivity index (χ0) is 16.0. The largest absolute Gasteiger partial charge is 0.465 e. The number of methoxy groups -OCH3 is 1. The van der Waals surface area contributed by atoms with Crippen LogP contribution >= 0.6 is 0 Å². The fourth-order valence-electron chi connectivity index (χ4n) is 2.26. The molecule has 1 aromatic rings. The molecule has 4 nitrogen and oxygen atoms in total. The predicted molar refractivity (Wildman–Crippen MR) is 79.8 cm³/mol. The molecule has 1 aromatic carbocycles. The third kappa shape index (κ3) is 4.81. The number of hydrogen-bond donors (Lipinski definition) is 1. The number of thiol groups is 1. The molecule has 0 spiro atoms. The van der Waals surface area contributed by atoms with Crippen LogP contribution in [0.25, 0.3) is 0 Å². The van der Waals surface area contributed by atoms with Crippen molar-refractivity contribution in [1.29, 1.82) is 0 Å². The summed E-state index contributed by atoms with van der Waals surface area (Å²) in [5, 5.41) is 0. The Hall–Kier alpha value is -1.43. The van der Waals surface area contributed by atoms with Crippen LogP contribution in [0.2, 0.25) is 0 Å². The summed E-state index contributed by atoms with van der Waals surface area (Å²) in [5.41, 5.74) is -0.761. The summed E-state index contributed by atoms with van der Waals surface area (Å²) < 4.78 is 41.4. The van der Waals surface area contributed by atoms with Gasteiger partial charge in [-0.3, -0.25) is 0 Å². The molecular weight excluding hydrogens is 295 g/mol. The average Bonchev–Trinajstić information content (AvgIpc) is 2.43. The van der Waals surface area contributed by atoms with Crippen LogP contribution in [0, 0.1) is 0 Å². The van der Waals surface area contributed by atoms with Gasteiger partial charge in [-0.05, 0) is 36.6 Å². The van der Waals surface area contributed by atoms with E-state index in [-0.39, 0.29) is 11.3 Å². The standard InChI is InChI=1S/C15H21FO4S/c1-4-5-8-15(2,16)13-7-6-11(14(17)20-3)9-12(13)10-21(18)19/h6-7,9,21H,4-5,8,10H2,1-3H3. The number of esters is 1. The maximum Gasteiger partial charge on any atom is 0.337 e. The fourth-order valence-corrected chi connectivity index (χ4v) is 2.80. The molecule has 118 valence electrons. The Kier molecular flexibility index (Phi) is 6.33. The van der Waals surface area contributed by atoms with Gasteiger partial charge in [-0.2, -0.15) is 0 Å². The molecule has 1 rings (SSSR count). The van der Waals surface area contributed by atoms with Gasteiger partial charge in [0.15, 0.2) is 0 Å². The monoisotopic (exact) mass is 316 g/mol. The highest BCUT2D eigenvalue weighted by atomic mass is 32.2. The molecule has 0 saturated carbocycles. The summed E-state index contributed by atoms with van der Waals surface area (Å²) in [6.07, 6.45) is 1.86. The van der Waals surface area contributed by atoms with Crippen molar-refractivity contribution in [3.05, 3.63) is 34.9 Å². The van der Waals surface area contributed by atoms with Gasteiger partial charge in [0.25, 0.3) is 0 Å². The first-order chi connectivity index (χ1) is 9.81. The van der Waals surface area contributed by atoms with E-state index in [1.807, 2.05) is 6.92 Å². The topological polar surface area (TPSA) is 60.4 Å². The van der Waals surface area contributed by atoms with Crippen LogP contribution in [-0.2, 0) is 26.9 Å². The van der Waals surface area contributed by atoms with E-state index in [1.54, 1.807) is 0 Å². The number of halogens is 1. The van der Waals surface area contributed by atoms with Crippen LogP contribution in [-0.4, -0.2) is 21.5 Å². The second-order valence-corrected chi connectivity index (χ2v) is 6.14. The molecule has 0 amide bonds. The highest BCUT2D eigenvalue weighted by Gasteiger charge is 2.28. The van der Waals surface area contributed by atoms with Crippen LogP contribution in [0.15, 0.2) is 18.2 Å². The zero-order valence-corrected chi connectivity index (χ0v) is 13.4. The third-order valence-electron chi connectivity index (χ3n) is 3.39. The van der Waals surface area contributed by atoms with Gasteiger partial charge in [-0.25, -0.2) is 17.6 Å². The summed E-state index contributed by atoms with van der Waals surface area (Å²) in [5.74, 6) is -0.862. The van der Waals surface area contributed by atoms with Gasteiger partial charge in [-0.15, -0.1) is 0 Å². The summed E-state index contributed by atoms with van der Waals surface area (Å²) in [6.45, 7) is 3.41. The minimum atomic E-state index is -2.71. The molecule has 0 aromatic heterocycles. The molecule has 0 aliphatic carbocycles. The Bertz CT molecular complexity index is 571. The first-order valence-electron chi connectivity index (χ1n) is 6.84. The number of benzene rings is 1. The van der Waals surface area contributed by atoms with Crippen LogP contribution < -0.4 is 0 Å². The fraction of sp³-hybridized carbons (Fsp3) is 0.533. The van der Waals surface area contributed by atoms with Gasteiger partial charge < -0.3 is 4.74 Å². The van der Waals surface area contributed by atoms with Crippen molar-refractivity contribution >= 4 is 16.7 Å². The summed E-state index contributed by atoms with van der Waals surface area (Å²) >= 11 is 0. The molecule has 0 fully saturated rings. The van der Waals surface area contributed by atoms with Crippen molar-refractivity contribution in [3.63, 3.8) is 0 Å². The number of rotatable bonds is 7. The van der Waals surface area contributed by atoms with E-state index in [0.29, 0.717) is 24.0 Å². The van der Waals surface area contributed by atoms with Crippen molar-refractivity contribution in [2.75, 3.05) is 7.11 Å². The Balaban J connectivity index is 3.27. The molecule has 1 unspecified atom stereocenters. The van der Waals surface area contributed by atoms with E-state index in [4.69, 9.17) is 0 Å². The lowest BCUT2D eigenvalue weighted by Crippen LogP contribution is -2.18. The van der Waals surface area contributed by atoms with Crippen molar-refractivity contribution in [2.24, 2.45) is 0 Å². The van der Waals surface area contributed by atoms with E-state index in [2.05, 4.69) is 4.74 Å². The van der Waals surface area contributed by atoms with Crippen molar-refractivity contribution in [2.45, 2.75) is 44.5 Å². The van der Waals surface area contributed by atoms with Crippen LogP contribution in [0.3, 0.4) is 0 Å². The lowest BCUT2D eigenvalue weighted by Gasteiger charge is -2.23. The predicted octanol–water partition coefficient (Wildman–Crippen LogP) is 2.96. The molecular formula is C15H21FO4S. The van der Waals surface area contributed by atoms with Crippen molar-refractivity contribution in [3.8, 4) is 0 Å². The molecule has 0 aliphatic heterocycles. The van der Waals surface area contributed by atoms with Crippen LogP contribution in [0.4, 0.5) is 4.39 Å². The molecule has 0 heterocycles. The maximum absolute atomic E-state index is 14.8. The van der Waals surface area contributed by atoms with E-state index in [0.717, 1.165) is 6.42 Å². The number of carbonyl (C=O) groups excluding carboxylic acids is 1. The van der Waals surface area contributed by atoms with E-state index < -0.39 is 22.3 Å². The molecule has 1 atom stereocenters. The number of alkyl halides is 1. The lowest BCUT2D eigenvalue weighted by atomic mass is 9.88. The van der Waals surface area contributed by atoms with E-state index in [1.165, 1.54) is 32.2 Å². The minimum Gasteiger partial charge on any atom is -0.465 e. The first kappa shape index (κ1) is 17.6. The Morgan fingerprint density at radius 2 is 2.05 bits per heavy atom. The normalized spacial score (nSPS) is 14.0. The molecule has 0 N–H and O–H groups in total. The Morgan fingerprint density at radius 1 is 1.38 bits per heavy atom. The van der Waals surface area contributed by atoms with Gasteiger partial charge in [0.2, 0.25) is 0 Å². The van der Waals surface area contributed by atoms with Gasteiger partial charge in [0, 0.05) is 0 Å². The molecule has 0 radical (unpaired) electrons. The van der Waals surface area contributed by atoms with E-state index >= 15 is 0 Å². The third-order valence-corrected chi connectivity index (χ3v) is 3.99. The number of carbonyl (C=O) groups is 1. The SMILES string of the molecule is CCCCC(C)(F)c1ccc(C(=O)OC)cc1C[SH](=O)=O. The molecule has 21 heavy (non-hydrogen) atoms. The summed E-state index contributed by atoms with van der Waals surface area (Å²) in [7, 11) is -1.47. The van der Waals surface area contributed by atoms with Gasteiger partial charge in [-0.1, -0.05) is 25.8 Å². The number of hydrogen-bond acceptors (Lipinski definition) is 4. The molecule has 0 aliphatic rings. The lowest BCUT2D eigenvalue weighted by molar-refractivity contribution is 0.0600. The summed E-state index contributed by atoms with van der Waals surface area (Å²) in [4.78, 5) is 11.5. The Labute approximate surface area is 126 Å². The molecule has 0 saturated heterocycles. The van der Waals surface area contributed by atoms with E-state index in [9.17, 15) is 17.6 Å². The number of ether oxygens (including phenoxy) is 1. The first-order valence-corrected chi connectivity index (χ1v) is 8.20. The number of unbranched alkanes of at least 4 members (excludes halogenated alkanes) is 1. The molecule has 6 heteroatoms. The van der Waals surface area contributed by atoms with Crippen LogP contribution in [0.5, 0.6) is 0 Å². The highest BCUT2D eigenvalue weighted by Crippen LogP contribution is 2.34. The zero-order valence-electron chi connectivity index (χ0n) is 12.5. The second-order valence-electron chi connectivity index (χ2n) is 5.16. The van der Waals surface area contributed by atoms with Crippen LogP contribution in [0.1, 0.15) is 54.6 Å². The quantitative estimate of drug-likeness (QED) is 0.620. The summed E-state index contributed by atoms with van der Waals surface area (Å²) in [6, 6.07) is 4.35. The van der Waals surface area contributed by atoms with Crippen molar-refractivity contribution < 1.29 is 22.3 Å².